The number of hydrogen-bond donors (Lipinski definition) is 1. The number of rotatable bonds is 3. The molecule has 0 unspecified atom stereocenters. The largest absolute Gasteiger partial charge is 0.466 e. The van der Waals surface area contributed by atoms with Gasteiger partial charge in [-0.2, -0.15) is 0 Å². The number of benzene rings is 1. The molecule has 0 spiro atoms. The Kier molecular flexibility index (Phi) is 7.35. The van der Waals surface area contributed by atoms with Crippen molar-refractivity contribution in [2.24, 2.45) is 0 Å². The minimum Gasteiger partial charge on any atom is -0.466 e. The van der Waals surface area contributed by atoms with E-state index in [0.29, 0.717) is 12.8 Å². The number of aliphatic hydroxyl groups excluding tert-OH is 1. The Morgan fingerprint density at radius 1 is 1.25 bits per heavy atom. The predicted octanol–water partition coefficient (Wildman–Crippen LogP) is 1.89. The predicted molar refractivity (Wildman–Crippen MR) is 77.7 cm³/mol. The van der Waals surface area contributed by atoms with Gasteiger partial charge >= 0.3 is 5.97 Å². The Balaban J connectivity index is 2.60. The number of unbranched alkanes of at least 4 members (excludes halogenated alkanes) is 1. The average molecular weight is 268 g/mol. The number of ether oxygens (including phenoxy) is 1. The van der Waals surface area contributed by atoms with Gasteiger partial charge in [0.1, 0.15) is 6.61 Å². The third kappa shape index (κ3) is 5.91. The first-order chi connectivity index (χ1) is 9.77. The van der Waals surface area contributed by atoms with E-state index < -0.39 is 0 Å². The van der Waals surface area contributed by atoms with Gasteiger partial charge in [-0.3, -0.25) is 0 Å². The molecule has 0 radical (unpaired) electrons. The second kappa shape index (κ2) is 9.44. The molecule has 0 amide bonds. The zero-order valence-corrected chi connectivity index (χ0v) is 11.3. The molecule has 0 saturated heterocycles. The summed E-state index contributed by atoms with van der Waals surface area (Å²) in [4.78, 5) is 10.8. The molecule has 0 aromatic heterocycles. The van der Waals surface area contributed by atoms with Gasteiger partial charge in [0.25, 0.3) is 0 Å². The van der Waals surface area contributed by atoms with Crippen molar-refractivity contribution < 1.29 is 14.6 Å². The summed E-state index contributed by atoms with van der Waals surface area (Å²) in [6.45, 7) is -0.167. The van der Waals surface area contributed by atoms with Crippen LogP contribution < -0.4 is 0 Å². The van der Waals surface area contributed by atoms with E-state index in [2.05, 4.69) is 28.4 Å². The maximum Gasteiger partial charge on any atom is 0.330 e. The van der Waals surface area contributed by atoms with E-state index in [1.165, 1.54) is 13.2 Å². The Morgan fingerprint density at radius 3 is 2.50 bits per heavy atom. The first kappa shape index (κ1) is 15.6. The van der Waals surface area contributed by atoms with Gasteiger partial charge in [-0.1, -0.05) is 41.9 Å². The fourth-order valence-corrected chi connectivity index (χ4v) is 1.40. The van der Waals surface area contributed by atoms with Gasteiger partial charge in [-0.05, 0) is 18.6 Å². The summed E-state index contributed by atoms with van der Waals surface area (Å²) >= 11 is 0. The summed E-state index contributed by atoms with van der Waals surface area (Å²) in [5.74, 6) is 11.2. The summed E-state index contributed by atoms with van der Waals surface area (Å²) in [5, 5.41) is 8.70. The molecule has 1 rings (SSSR count). The Hall–Kier alpha value is -2.49. The highest BCUT2D eigenvalue weighted by molar-refractivity contribution is 5.81. The fraction of sp³-hybridized carbons (Fsp3) is 0.235. The second-order valence-corrected chi connectivity index (χ2v) is 3.77. The number of methoxy groups -OCH3 is 1. The highest BCUT2D eigenvalue weighted by Crippen LogP contribution is 2.05. The van der Waals surface area contributed by atoms with Crippen molar-refractivity contribution in [3.8, 4) is 23.7 Å². The fourth-order valence-electron chi connectivity index (χ4n) is 1.40. The van der Waals surface area contributed by atoms with E-state index in [1.807, 2.05) is 24.3 Å². The topological polar surface area (TPSA) is 46.5 Å². The average Bonchev–Trinajstić information content (AvgIpc) is 2.49. The second-order valence-electron chi connectivity index (χ2n) is 3.77. The molecule has 0 aliphatic rings. The van der Waals surface area contributed by atoms with Gasteiger partial charge in [-0.25, -0.2) is 4.79 Å². The molecule has 0 bridgehead atoms. The van der Waals surface area contributed by atoms with Crippen molar-refractivity contribution in [1.29, 1.82) is 0 Å². The van der Waals surface area contributed by atoms with Crippen LogP contribution in [0.1, 0.15) is 24.0 Å². The maximum atomic E-state index is 10.8. The highest BCUT2D eigenvalue weighted by atomic mass is 16.5. The molecule has 0 fully saturated rings. The van der Waals surface area contributed by atoms with Gasteiger partial charge in [0.15, 0.2) is 0 Å². The zero-order valence-electron chi connectivity index (χ0n) is 11.3. The van der Waals surface area contributed by atoms with Crippen LogP contribution >= 0.6 is 0 Å². The summed E-state index contributed by atoms with van der Waals surface area (Å²) in [6, 6.07) is 7.53. The molecule has 3 heteroatoms. The Labute approximate surface area is 119 Å². The molecule has 0 saturated carbocycles. The molecular formula is C17H16O3. The minimum absolute atomic E-state index is 0.167. The molecule has 20 heavy (non-hydrogen) atoms. The molecule has 102 valence electrons. The quantitative estimate of drug-likeness (QED) is 0.394. The van der Waals surface area contributed by atoms with Crippen molar-refractivity contribution in [3.05, 3.63) is 47.5 Å². The number of hydrogen-bond acceptors (Lipinski definition) is 3. The summed E-state index contributed by atoms with van der Waals surface area (Å²) < 4.78 is 4.48. The monoisotopic (exact) mass is 268 g/mol. The van der Waals surface area contributed by atoms with E-state index in [4.69, 9.17) is 5.11 Å². The first-order valence-corrected chi connectivity index (χ1v) is 6.20. The van der Waals surface area contributed by atoms with Crippen molar-refractivity contribution in [2.45, 2.75) is 12.8 Å². The zero-order chi connectivity index (χ0) is 14.6. The maximum absolute atomic E-state index is 10.8. The van der Waals surface area contributed by atoms with Crippen molar-refractivity contribution in [3.63, 3.8) is 0 Å². The standard InChI is InChI=1S/C17H16O3/c1-20-17(19)13-5-3-2-4-9-15-10-6-7-11-16(15)12-8-14-18/h5-7,10-11,13,18H,2-3,14H2,1H3/b13-5+. The number of carbonyl (C=O) groups is 1. The number of carbonyl (C=O) groups excluding carboxylic acids is 1. The minimum atomic E-state index is -0.359. The van der Waals surface area contributed by atoms with Crippen molar-refractivity contribution >= 4 is 5.97 Å². The lowest BCUT2D eigenvalue weighted by molar-refractivity contribution is -0.134. The normalized spacial score (nSPS) is 9.30. The lowest BCUT2D eigenvalue weighted by Gasteiger charge is -1.94. The first-order valence-electron chi connectivity index (χ1n) is 6.20. The van der Waals surface area contributed by atoms with Crippen LogP contribution in [0.5, 0.6) is 0 Å². The van der Waals surface area contributed by atoms with E-state index in [0.717, 1.165) is 11.1 Å². The van der Waals surface area contributed by atoms with Crippen molar-refractivity contribution in [2.75, 3.05) is 13.7 Å². The Bertz CT molecular complexity index is 592. The van der Waals surface area contributed by atoms with Gasteiger partial charge in [0.05, 0.1) is 7.11 Å². The van der Waals surface area contributed by atoms with E-state index in [9.17, 15) is 4.79 Å². The third-order valence-corrected chi connectivity index (χ3v) is 2.34. The van der Waals surface area contributed by atoms with Crippen LogP contribution in [0.15, 0.2) is 36.4 Å². The SMILES string of the molecule is COC(=O)/C=C/CCC#Cc1ccccc1C#CCO. The van der Waals surface area contributed by atoms with Gasteiger partial charge in [-0.15, -0.1) is 0 Å². The van der Waals surface area contributed by atoms with E-state index >= 15 is 0 Å². The molecular weight excluding hydrogens is 252 g/mol. The number of allylic oxidation sites excluding steroid dienone is 1. The van der Waals surface area contributed by atoms with Gasteiger partial charge in [0, 0.05) is 23.6 Å². The van der Waals surface area contributed by atoms with Crippen LogP contribution in [0, 0.1) is 23.7 Å². The lowest BCUT2D eigenvalue weighted by Crippen LogP contribution is -1.93. The lowest BCUT2D eigenvalue weighted by atomic mass is 10.1. The highest BCUT2D eigenvalue weighted by Gasteiger charge is 1.93. The summed E-state index contributed by atoms with van der Waals surface area (Å²) in [7, 11) is 1.34. The molecule has 0 heterocycles. The van der Waals surface area contributed by atoms with Crippen LogP contribution in [-0.2, 0) is 9.53 Å². The van der Waals surface area contributed by atoms with Crippen LogP contribution in [0.2, 0.25) is 0 Å². The molecule has 1 aromatic carbocycles. The van der Waals surface area contributed by atoms with Gasteiger partial charge in [0.2, 0.25) is 0 Å². The summed E-state index contributed by atoms with van der Waals surface area (Å²) in [5.41, 5.74) is 1.64. The smallest absolute Gasteiger partial charge is 0.330 e. The molecule has 1 aromatic rings. The number of esters is 1. The van der Waals surface area contributed by atoms with Crippen LogP contribution in [0.25, 0.3) is 0 Å². The molecule has 0 aliphatic heterocycles. The van der Waals surface area contributed by atoms with Crippen LogP contribution in [0.4, 0.5) is 0 Å². The van der Waals surface area contributed by atoms with E-state index in [-0.39, 0.29) is 12.6 Å². The molecule has 1 N–H and O–H groups in total. The van der Waals surface area contributed by atoms with Crippen molar-refractivity contribution in [1.82, 2.24) is 0 Å². The summed E-state index contributed by atoms with van der Waals surface area (Å²) in [6.07, 6.45) is 4.46. The molecule has 0 aliphatic carbocycles. The Morgan fingerprint density at radius 2 is 1.90 bits per heavy atom. The van der Waals surface area contributed by atoms with Crippen LogP contribution in [-0.4, -0.2) is 24.8 Å². The van der Waals surface area contributed by atoms with E-state index in [1.54, 1.807) is 6.08 Å². The third-order valence-electron chi connectivity index (χ3n) is 2.34. The molecule has 3 nitrogen and oxygen atoms in total. The number of aliphatic hydroxyl groups is 1. The molecule has 0 atom stereocenters. The van der Waals surface area contributed by atoms with Gasteiger partial charge < -0.3 is 9.84 Å². The van der Waals surface area contributed by atoms with Crippen LogP contribution in [0.3, 0.4) is 0 Å².